The topological polar surface area (TPSA) is 75.2 Å². The Morgan fingerprint density at radius 3 is 2.90 bits per heavy atom. The van der Waals surface area contributed by atoms with Gasteiger partial charge >= 0.3 is 0 Å². The maximum Gasteiger partial charge on any atom is 0.264 e. The van der Waals surface area contributed by atoms with E-state index in [1.807, 2.05) is 0 Å². The van der Waals surface area contributed by atoms with Crippen molar-refractivity contribution in [2.75, 3.05) is 0 Å². The maximum atomic E-state index is 10.4. The average Bonchev–Trinajstić information content (AvgIpc) is 1.95. The number of nitrogens with one attached hydrogen (secondary N) is 1. The van der Waals surface area contributed by atoms with Gasteiger partial charge in [0.05, 0.1) is 0 Å². The maximum absolute atomic E-state index is 10.4. The lowest BCUT2D eigenvalue weighted by molar-refractivity contribution is 0.565. The zero-order valence-corrected chi connectivity index (χ0v) is 4.87. The number of aromatic amines is 1. The highest BCUT2D eigenvalue weighted by Gasteiger charge is 1.86. The van der Waals surface area contributed by atoms with Crippen molar-refractivity contribution in [3.05, 3.63) is 22.5 Å². The van der Waals surface area contributed by atoms with Crippen molar-refractivity contribution in [3.8, 4) is 0 Å². The molecule has 5 nitrogen and oxygen atoms in total. The van der Waals surface area contributed by atoms with Crippen molar-refractivity contribution in [1.29, 1.82) is 0 Å². The van der Waals surface area contributed by atoms with E-state index in [1.54, 1.807) is 0 Å². The fourth-order valence-corrected chi connectivity index (χ4v) is 0.446. The lowest BCUT2D eigenvalue weighted by Crippen LogP contribution is -2.03. The minimum atomic E-state index is -0.329. The molecular weight excluding hydrogens is 134 g/mol. The van der Waals surface area contributed by atoms with Crippen molar-refractivity contribution in [2.24, 2.45) is 4.99 Å². The standard InChI is InChI=1S/C5H3N3O2/c9-3-6-4-1-2-5(10)8-7-4/h1-2H,(H,8,10). The minimum absolute atomic E-state index is 0.148. The van der Waals surface area contributed by atoms with Crippen LogP contribution in [0.2, 0.25) is 0 Å². The number of isocyanates is 1. The van der Waals surface area contributed by atoms with Gasteiger partial charge in [-0.3, -0.25) is 4.79 Å². The quantitative estimate of drug-likeness (QED) is 0.428. The van der Waals surface area contributed by atoms with Gasteiger partial charge in [-0.2, -0.15) is 5.10 Å². The molecule has 5 heteroatoms. The highest BCUT2D eigenvalue weighted by Crippen LogP contribution is 1.97. The van der Waals surface area contributed by atoms with Crippen molar-refractivity contribution in [1.82, 2.24) is 10.2 Å². The van der Waals surface area contributed by atoms with Crippen LogP contribution in [-0.2, 0) is 4.79 Å². The van der Waals surface area contributed by atoms with Gasteiger partial charge in [-0.05, 0) is 6.07 Å². The predicted octanol–water partition coefficient (Wildman–Crippen LogP) is -0.263. The molecule has 0 aliphatic carbocycles. The Hall–Kier alpha value is -1.74. The molecule has 0 amide bonds. The van der Waals surface area contributed by atoms with Crippen LogP contribution in [0.5, 0.6) is 0 Å². The van der Waals surface area contributed by atoms with E-state index in [0.29, 0.717) is 0 Å². The molecule has 0 aromatic carbocycles. The molecule has 10 heavy (non-hydrogen) atoms. The van der Waals surface area contributed by atoms with Gasteiger partial charge < -0.3 is 0 Å². The molecule has 0 aliphatic heterocycles. The number of H-pyrrole nitrogens is 1. The molecule has 1 aromatic heterocycles. The van der Waals surface area contributed by atoms with E-state index in [1.165, 1.54) is 18.2 Å². The van der Waals surface area contributed by atoms with Gasteiger partial charge in [0.2, 0.25) is 6.08 Å². The highest BCUT2D eigenvalue weighted by molar-refractivity contribution is 5.43. The van der Waals surface area contributed by atoms with Crippen LogP contribution in [0, 0.1) is 0 Å². The molecule has 0 atom stereocenters. The van der Waals surface area contributed by atoms with Crippen molar-refractivity contribution in [2.45, 2.75) is 0 Å². The van der Waals surface area contributed by atoms with Crippen LogP contribution in [0.1, 0.15) is 0 Å². The summed E-state index contributed by atoms with van der Waals surface area (Å²) >= 11 is 0. The van der Waals surface area contributed by atoms with Crippen LogP contribution in [0.15, 0.2) is 21.9 Å². The number of hydrogen-bond donors (Lipinski definition) is 1. The van der Waals surface area contributed by atoms with Gasteiger partial charge in [0, 0.05) is 6.07 Å². The van der Waals surface area contributed by atoms with Crippen LogP contribution in [-0.4, -0.2) is 16.3 Å². The van der Waals surface area contributed by atoms with Gasteiger partial charge in [-0.15, -0.1) is 4.99 Å². The molecule has 0 radical (unpaired) electrons. The zero-order chi connectivity index (χ0) is 7.40. The van der Waals surface area contributed by atoms with Crippen molar-refractivity contribution in [3.63, 3.8) is 0 Å². The van der Waals surface area contributed by atoms with Crippen LogP contribution in [0.3, 0.4) is 0 Å². The number of aromatic nitrogens is 2. The summed E-state index contributed by atoms with van der Waals surface area (Å²) in [5, 5.41) is 5.51. The first-order chi connectivity index (χ1) is 4.83. The molecule has 1 aromatic rings. The van der Waals surface area contributed by atoms with Crippen LogP contribution in [0.25, 0.3) is 0 Å². The molecule has 1 heterocycles. The summed E-state index contributed by atoms with van der Waals surface area (Å²) in [6.07, 6.45) is 1.29. The van der Waals surface area contributed by atoms with E-state index in [0.717, 1.165) is 0 Å². The van der Waals surface area contributed by atoms with E-state index in [2.05, 4.69) is 15.2 Å². The summed E-state index contributed by atoms with van der Waals surface area (Å²) in [6.45, 7) is 0. The summed E-state index contributed by atoms with van der Waals surface area (Å²) < 4.78 is 0. The summed E-state index contributed by atoms with van der Waals surface area (Å²) in [4.78, 5) is 23.2. The largest absolute Gasteiger partial charge is 0.268 e. The summed E-state index contributed by atoms with van der Waals surface area (Å²) in [5.74, 6) is 0.148. The number of aliphatic imine (C=N–C) groups is 1. The third-order valence-electron chi connectivity index (χ3n) is 0.825. The van der Waals surface area contributed by atoms with Crippen LogP contribution >= 0.6 is 0 Å². The summed E-state index contributed by atoms with van der Waals surface area (Å²) in [6, 6.07) is 2.55. The Kier molecular flexibility index (Phi) is 1.72. The van der Waals surface area contributed by atoms with Crippen LogP contribution in [0.4, 0.5) is 5.82 Å². The molecule has 0 saturated carbocycles. The van der Waals surface area contributed by atoms with Gasteiger partial charge in [-0.1, -0.05) is 0 Å². The predicted molar refractivity (Wildman–Crippen MR) is 32.6 cm³/mol. The second kappa shape index (κ2) is 2.70. The molecule has 50 valence electrons. The average molecular weight is 137 g/mol. The fraction of sp³-hybridized carbons (Fsp3) is 0. The Morgan fingerprint density at radius 1 is 1.60 bits per heavy atom. The normalized spacial score (nSPS) is 8.40. The molecule has 0 spiro atoms. The molecule has 1 N–H and O–H groups in total. The summed E-state index contributed by atoms with van der Waals surface area (Å²) in [5.41, 5.74) is -0.329. The molecular formula is C5H3N3O2. The van der Waals surface area contributed by atoms with E-state index >= 15 is 0 Å². The molecule has 0 fully saturated rings. The summed E-state index contributed by atoms with van der Waals surface area (Å²) in [7, 11) is 0. The SMILES string of the molecule is O=C=Nc1ccc(=O)[nH]n1. The smallest absolute Gasteiger partial charge is 0.264 e. The third-order valence-corrected chi connectivity index (χ3v) is 0.825. The highest BCUT2D eigenvalue weighted by atomic mass is 16.1. The van der Waals surface area contributed by atoms with E-state index in [9.17, 15) is 9.59 Å². The Bertz CT molecular complexity index is 303. The molecule has 0 bridgehead atoms. The van der Waals surface area contributed by atoms with Gasteiger partial charge in [0.25, 0.3) is 5.56 Å². The molecule has 0 unspecified atom stereocenters. The second-order valence-electron chi connectivity index (χ2n) is 1.48. The first-order valence-corrected chi connectivity index (χ1v) is 2.46. The van der Waals surface area contributed by atoms with Crippen molar-refractivity contribution >= 4 is 11.9 Å². The third kappa shape index (κ3) is 1.37. The Morgan fingerprint density at radius 2 is 2.40 bits per heavy atom. The minimum Gasteiger partial charge on any atom is -0.268 e. The lowest BCUT2D eigenvalue weighted by Gasteiger charge is -1.82. The van der Waals surface area contributed by atoms with E-state index < -0.39 is 0 Å². The Labute approximate surface area is 55.4 Å². The van der Waals surface area contributed by atoms with Gasteiger partial charge in [-0.25, -0.2) is 9.89 Å². The fourth-order valence-electron chi connectivity index (χ4n) is 0.446. The number of carbonyl (C=O) groups excluding carboxylic acids is 1. The first-order valence-electron chi connectivity index (χ1n) is 2.46. The first kappa shape index (κ1) is 6.38. The van der Waals surface area contributed by atoms with Gasteiger partial charge in [0.1, 0.15) is 0 Å². The lowest BCUT2D eigenvalue weighted by atomic mass is 10.5. The monoisotopic (exact) mass is 137 g/mol. The zero-order valence-electron chi connectivity index (χ0n) is 4.87. The number of hydrogen-bond acceptors (Lipinski definition) is 4. The van der Waals surface area contributed by atoms with Gasteiger partial charge in [0.15, 0.2) is 5.82 Å². The molecule has 0 saturated heterocycles. The Balaban J connectivity index is 3.11. The molecule has 1 rings (SSSR count). The van der Waals surface area contributed by atoms with E-state index in [-0.39, 0.29) is 11.4 Å². The number of rotatable bonds is 1. The van der Waals surface area contributed by atoms with Crippen LogP contribution < -0.4 is 5.56 Å². The molecule has 0 aliphatic rings. The second-order valence-corrected chi connectivity index (χ2v) is 1.48. The number of nitrogens with zero attached hydrogens (tertiary/aromatic N) is 2. The van der Waals surface area contributed by atoms with E-state index in [4.69, 9.17) is 0 Å². The van der Waals surface area contributed by atoms with Crippen molar-refractivity contribution < 1.29 is 4.79 Å².